The summed E-state index contributed by atoms with van der Waals surface area (Å²) in [5, 5.41) is 0. The molecule has 1 rings (SSSR count). The number of esters is 2. The van der Waals surface area contributed by atoms with Crippen molar-refractivity contribution in [3.8, 4) is 0 Å². The number of hydrogen-bond donors (Lipinski definition) is 0. The highest BCUT2D eigenvalue weighted by Gasteiger charge is 2.40. The second kappa shape index (κ2) is 9.93. The maximum atomic E-state index is 13.0. The highest BCUT2D eigenvalue weighted by Crippen LogP contribution is 2.41. The Morgan fingerprint density at radius 2 is 1.33 bits per heavy atom. The van der Waals surface area contributed by atoms with Crippen LogP contribution < -0.4 is 0 Å². The van der Waals surface area contributed by atoms with Crippen LogP contribution >= 0.6 is 0 Å². The van der Waals surface area contributed by atoms with E-state index in [1.54, 1.807) is 0 Å². The molecule has 0 bridgehead atoms. The molecule has 4 nitrogen and oxygen atoms in total. The minimum atomic E-state index is -0.396. The Kier molecular flexibility index (Phi) is 8.82. The molecule has 0 heterocycles. The Hall–Kier alpha value is -1.06. The molecule has 1 aliphatic carbocycles. The SMILES string of the molecule is CC(C)C1CCCCC1C(CC(=O)OCC(C)(C)C)C(=O)OCC(C)(C)C. The van der Waals surface area contributed by atoms with E-state index >= 15 is 0 Å². The number of ether oxygens (including phenoxy) is 2. The Morgan fingerprint density at radius 1 is 0.852 bits per heavy atom. The first kappa shape index (κ1) is 24.0. The van der Waals surface area contributed by atoms with Crippen LogP contribution in [-0.2, 0) is 19.1 Å². The Morgan fingerprint density at radius 3 is 1.81 bits per heavy atom. The zero-order valence-corrected chi connectivity index (χ0v) is 18.9. The van der Waals surface area contributed by atoms with Gasteiger partial charge in [0.05, 0.1) is 25.6 Å². The van der Waals surface area contributed by atoms with Crippen LogP contribution in [0.15, 0.2) is 0 Å². The molecular weight excluding hydrogens is 340 g/mol. The van der Waals surface area contributed by atoms with E-state index in [0.717, 1.165) is 19.3 Å². The van der Waals surface area contributed by atoms with E-state index in [0.29, 0.717) is 25.0 Å². The fourth-order valence-electron chi connectivity index (χ4n) is 3.86. The van der Waals surface area contributed by atoms with Crippen LogP contribution in [0.4, 0.5) is 0 Å². The smallest absolute Gasteiger partial charge is 0.309 e. The van der Waals surface area contributed by atoms with Gasteiger partial charge in [0.2, 0.25) is 0 Å². The summed E-state index contributed by atoms with van der Waals surface area (Å²) in [6, 6.07) is 0. The van der Waals surface area contributed by atoms with Gasteiger partial charge >= 0.3 is 11.9 Å². The van der Waals surface area contributed by atoms with Gasteiger partial charge in [-0.1, -0.05) is 68.2 Å². The van der Waals surface area contributed by atoms with Crippen molar-refractivity contribution >= 4 is 11.9 Å². The van der Waals surface area contributed by atoms with Crippen molar-refractivity contribution in [3.05, 3.63) is 0 Å². The molecule has 4 heteroatoms. The lowest BCUT2D eigenvalue weighted by molar-refractivity contribution is -0.162. The van der Waals surface area contributed by atoms with Gasteiger partial charge in [0.25, 0.3) is 0 Å². The number of carbonyl (C=O) groups is 2. The van der Waals surface area contributed by atoms with Crippen molar-refractivity contribution in [3.63, 3.8) is 0 Å². The van der Waals surface area contributed by atoms with Gasteiger partial charge in [0, 0.05) is 0 Å². The first-order valence-corrected chi connectivity index (χ1v) is 10.6. The third-order valence-corrected chi connectivity index (χ3v) is 5.25. The van der Waals surface area contributed by atoms with E-state index in [2.05, 4.69) is 13.8 Å². The molecular formula is C23H42O4. The molecule has 0 N–H and O–H groups in total. The summed E-state index contributed by atoms with van der Waals surface area (Å²) in [5.41, 5.74) is -0.166. The molecule has 0 aliphatic heterocycles. The molecule has 27 heavy (non-hydrogen) atoms. The van der Waals surface area contributed by atoms with Gasteiger partial charge in [-0.2, -0.15) is 0 Å². The van der Waals surface area contributed by atoms with Gasteiger partial charge in [-0.25, -0.2) is 0 Å². The Labute approximate surface area is 166 Å². The third-order valence-electron chi connectivity index (χ3n) is 5.25. The van der Waals surface area contributed by atoms with Crippen LogP contribution in [0.3, 0.4) is 0 Å². The fourth-order valence-corrected chi connectivity index (χ4v) is 3.86. The predicted molar refractivity (Wildman–Crippen MR) is 109 cm³/mol. The lowest BCUT2D eigenvalue weighted by atomic mass is 9.67. The standard InChI is InChI=1S/C23H42O4/c1-16(2)17-11-9-10-12-18(17)19(21(25)27-15-23(6,7)8)13-20(24)26-14-22(3,4)5/h16-19H,9-15H2,1-8H3. The summed E-state index contributed by atoms with van der Waals surface area (Å²) in [4.78, 5) is 25.5. The molecule has 0 aromatic heterocycles. The summed E-state index contributed by atoms with van der Waals surface area (Å²) >= 11 is 0. The fraction of sp³-hybridized carbons (Fsp3) is 0.913. The predicted octanol–water partition coefficient (Wildman–Crippen LogP) is 5.63. The molecule has 0 spiro atoms. The zero-order valence-electron chi connectivity index (χ0n) is 18.9. The lowest BCUT2D eigenvalue weighted by Crippen LogP contribution is -2.38. The van der Waals surface area contributed by atoms with E-state index < -0.39 is 5.92 Å². The second-order valence-corrected chi connectivity index (χ2v) is 11.1. The first-order chi connectivity index (χ1) is 12.3. The maximum absolute atomic E-state index is 13.0. The largest absolute Gasteiger partial charge is 0.465 e. The van der Waals surface area contributed by atoms with Crippen LogP contribution in [0.2, 0.25) is 0 Å². The molecule has 1 fully saturated rings. The summed E-state index contributed by atoms with van der Waals surface area (Å²) in [6.07, 6.45) is 4.57. The molecule has 0 radical (unpaired) electrons. The molecule has 1 saturated carbocycles. The molecule has 158 valence electrons. The number of carbonyl (C=O) groups excluding carboxylic acids is 2. The van der Waals surface area contributed by atoms with Crippen molar-refractivity contribution in [1.29, 1.82) is 0 Å². The molecule has 0 aromatic carbocycles. The van der Waals surface area contributed by atoms with Gasteiger partial charge in [0.15, 0.2) is 0 Å². The number of hydrogen-bond acceptors (Lipinski definition) is 4. The highest BCUT2D eigenvalue weighted by atomic mass is 16.5. The van der Waals surface area contributed by atoms with E-state index in [1.807, 2.05) is 41.5 Å². The Bertz CT molecular complexity index is 482. The van der Waals surface area contributed by atoms with Gasteiger partial charge in [-0.05, 0) is 41.4 Å². The summed E-state index contributed by atoms with van der Waals surface area (Å²) < 4.78 is 11.1. The minimum Gasteiger partial charge on any atom is -0.465 e. The van der Waals surface area contributed by atoms with E-state index in [4.69, 9.17) is 9.47 Å². The molecule has 0 amide bonds. The van der Waals surface area contributed by atoms with E-state index in [1.165, 1.54) is 6.42 Å². The van der Waals surface area contributed by atoms with Crippen LogP contribution in [0.25, 0.3) is 0 Å². The number of rotatable bonds is 7. The topological polar surface area (TPSA) is 52.6 Å². The average Bonchev–Trinajstić information content (AvgIpc) is 2.54. The van der Waals surface area contributed by atoms with E-state index in [-0.39, 0.29) is 35.1 Å². The van der Waals surface area contributed by atoms with Crippen LogP contribution in [0.5, 0.6) is 0 Å². The molecule has 0 aromatic rings. The molecule has 1 aliphatic rings. The van der Waals surface area contributed by atoms with E-state index in [9.17, 15) is 9.59 Å². The van der Waals surface area contributed by atoms with Gasteiger partial charge in [-0.3, -0.25) is 9.59 Å². The van der Waals surface area contributed by atoms with Crippen LogP contribution in [0, 0.1) is 34.5 Å². The minimum absolute atomic E-state index is 0.0802. The second-order valence-electron chi connectivity index (χ2n) is 11.1. The van der Waals surface area contributed by atoms with Gasteiger partial charge in [0.1, 0.15) is 0 Å². The average molecular weight is 383 g/mol. The lowest BCUT2D eigenvalue weighted by Gasteiger charge is -2.38. The highest BCUT2D eigenvalue weighted by molar-refractivity contribution is 5.80. The summed E-state index contributed by atoms with van der Waals surface area (Å²) in [6.45, 7) is 17.4. The van der Waals surface area contributed by atoms with Crippen molar-refractivity contribution in [2.24, 2.45) is 34.5 Å². The maximum Gasteiger partial charge on any atom is 0.309 e. The summed E-state index contributed by atoms with van der Waals surface area (Å²) in [5.74, 6) is 0.256. The van der Waals surface area contributed by atoms with Gasteiger partial charge < -0.3 is 9.47 Å². The monoisotopic (exact) mass is 382 g/mol. The zero-order chi connectivity index (χ0) is 20.8. The quantitative estimate of drug-likeness (QED) is 0.535. The molecule has 3 unspecified atom stereocenters. The van der Waals surface area contributed by atoms with Gasteiger partial charge in [-0.15, -0.1) is 0 Å². The van der Waals surface area contributed by atoms with Crippen molar-refractivity contribution in [1.82, 2.24) is 0 Å². The van der Waals surface area contributed by atoms with Crippen LogP contribution in [-0.4, -0.2) is 25.2 Å². The molecule has 0 saturated heterocycles. The third kappa shape index (κ3) is 9.12. The van der Waals surface area contributed by atoms with Crippen molar-refractivity contribution < 1.29 is 19.1 Å². The first-order valence-electron chi connectivity index (χ1n) is 10.6. The Balaban J connectivity index is 2.90. The van der Waals surface area contributed by atoms with Crippen molar-refractivity contribution in [2.45, 2.75) is 87.5 Å². The van der Waals surface area contributed by atoms with Crippen molar-refractivity contribution in [2.75, 3.05) is 13.2 Å². The summed E-state index contributed by atoms with van der Waals surface area (Å²) in [7, 11) is 0. The van der Waals surface area contributed by atoms with Crippen LogP contribution in [0.1, 0.15) is 87.5 Å². The normalized spacial score (nSPS) is 22.4. The molecule has 3 atom stereocenters.